The second-order valence-corrected chi connectivity index (χ2v) is 8.11. The van der Waals surface area contributed by atoms with Gasteiger partial charge in [-0.15, -0.1) is 0 Å². The van der Waals surface area contributed by atoms with E-state index in [-0.39, 0.29) is 0 Å². The van der Waals surface area contributed by atoms with Crippen LogP contribution in [-0.4, -0.2) is 6.17 Å². The molecule has 2 rings (SSSR count). The van der Waals surface area contributed by atoms with Gasteiger partial charge >= 0.3 is 0 Å². The van der Waals surface area contributed by atoms with Crippen LogP contribution < -0.4 is 0 Å². The van der Waals surface area contributed by atoms with Gasteiger partial charge in [0.1, 0.15) is 6.17 Å². The van der Waals surface area contributed by atoms with E-state index in [1.807, 2.05) is 0 Å². The molecule has 2 aliphatic carbocycles. The maximum Gasteiger partial charge on any atom is 0.103 e. The summed E-state index contributed by atoms with van der Waals surface area (Å²) in [6, 6.07) is 0. The van der Waals surface area contributed by atoms with Gasteiger partial charge in [-0.05, 0) is 61.7 Å². The summed E-state index contributed by atoms with van der Waals surface area (Å²) in [7, 11) is 0. The van der Waals surface area contributed by atoms with Crippen LogP contribution in [0.2, 0.25) is 0 Å². The number of hydrogen-bond acceptors (Lipinski definition) is 0. The predicted molar refractivity (Wildman–Crippen MR) is 90.2 cm³/mol. The molecule has 124 valence electrons. The topological polar surface area (TPSA) is 0 Å². The zero-order chi connectivity index (χ0) is 15.2. The average molecular weight is 297 g/mol. The zero-order valence-electron chi connectivity index (χ0n) is 14.6. The Morgan fingerprint density at radius 2 is 1.52 bits per heavy atom. The smallest absolute Gasteiger partial charge is 0.103 e. The summed E-state index contributed by atoms with van der Waals surface area (Å²) in [4.78, 5) is 0. The van der Waals surface area contributed by atoms with Crippen molar-refractivity contribution in [2.75, 3.05) is 0 Å². The molecule has 0 aliphatic heterocycles. The van der Waals surface area contributed by atoms with Crippen molar-refractivity contribution in [2.45, 2.75) is 97.6 Å². The molecule has 0 aromatic rings. The van der Waals surface area contributed by atoms with E-state index in [4.69, 9.17) is 0 Å². The first-order valence-corrected chi connectivity index (χ1v) is 9.79. The first-order valence-electron chi connectivity index (χ1n) is 9.79. The highest BCUT2D eigenvalue weighted by Crippen LogP contribution is 2.45. The van der Waals surface area contributed by atoms with Gasteiger partial charge in [-0.25, -0.2) is 4.39 Å². The van der Waals surface area contributed by atoms with E-state index in [1.165, 1.54) is 64.2 Å². The fourth-order valence-corrected chi connectivity index (χ4v) is 5.20. The lowest BCUT2D eigenvalue weighted by Crippen LogP contribution is -2.35. The molecule has 0 aromatic carbocycles. The maximum atomic E-state index is 14.8. The van der Waals surface area contributed by atoms with Gasteiger partial charge in [-0.1, -0.05) is 59.3 Å². The van der Waals surface area contributed by atoms with E-state index in [2.05, 4.69) is 20.8 Å². The van der Waals surface area contributed by atoms with Gasteiger partial charge in [0, 0.05) is 0 Å². The Kier molecular flexibility index (Phi) is 7.02. The highest BCUT2D eigenvalue weighted by atomic mass is 19.1. The Balaban J connectivity index is 1.86. The fraction of sp³-hybridized carbons (Fsp3) is 1.00. The number of rotatable bonds is 6. The molecule has 0 radical (unpaired) electrons. The van der Waals surface area contributed by atoms with Crippen LogP contribution in [0, 0.1) is 29.6 Å². The minimum absolute atomic E-state index is 0.401. The van der Waals surface area contributed by atoms with Gasteiger partial charge in [0.15, 0.2) is 0 Å². The van der Waals surface area contributed by atoms with Gasteiger partial charge in [0.05, 0.1) is 0 Å². The molecular formula is C20H37F. The quantitative estimate of drug-likeness (QED) is 0.506. The molecule has 2 fully saturated rings. The first-order chi connectivity index (χ1) is 10.2. The van der Waals surface area contributed by atoms with Crippen LogP contribution in [0.1, 0.15) is 91.4 Å². The third-order valence-electron chi connectivity index (χ3n) is 6.51. The minimum atomic E-state index is -0.502. The normalized spacial score (nSPS) is 37.9. The maximum absolute atomic E-state index is 14.8. The Hall–Kier alpha value is -0.0700. The molecule has 21 heavy (non-hydrogen) atoms. The van der Waals surface area contributed by atoms with Gasteiger partial charge in [0.25, 0.3) is 0 Å². The summed E-state index contributed by atoms with van der Waals surface area (Å²) in [5, 5.41) is 0. The van der Waals surface area contributed by atoms with E-state index in [0.29, 0.717) is 17.8 Å². The summed E-state index contributed by atoms with van der Waals surface area (Å²) >= 11 is 0. The van der Waals surface area contributed by atoms with Crippen LogP contribution in [-0.2, 0) is 0 Å². The SMILES string of the molecule is CCCC(CCC)C1CCC(C2CCC(C)CC2)C(F)C1. The molecule has 3 unspecified atom stereocenters. The largest absolute Gasteiger partial charge is 0.247 e. The molecule has 0 aromatic heterocycles. The molecule has 3 atom stereocenters. The Morgan fingerprint density at radius 1 is 0.905 bits per heavy atom. The summed E-state index contributed by atoms with van der Waals surface area (Å²) in [5.41, 5.74) is 0. The molecule has 0 N–H and O–H groups in total. The number of halogens is 1. The molecule has 0 bridgehead atoms. The molecule has 0 heterocycles. The Labute approximate surface area is 132 Å². The third kappa shape index (κ3) is 4.70. The van der Waals surface area contributed by atoms with Crippen LogP contribution in [0.4, 0.5) is 4.39 Å². The van der Waals surface area contributed by atoms with E-state index in [9.17, 15) is 4.39 Å². The van der Waals surface area contributed by atoms with Crippen molar-refractivity contribution in [2.24, 2.45) is 29.6 Å². The van der Waals surface area contributed by atoms with Gasteiger partial charge in [-0.3, -0.25) is 0 Å². The predicted octanol–water partition coefficient (Wildman–Crippen LogP) is 6.78. The van der Waals surface area contributed by atoms with Crippen molar-refractivity contribution in [3.8, 4) is 0 Å². The van der Waals surface area contributed by atoms with Crippen LogP contribution in [0.5, 0.6) is 0 Å². The number of hydrogen-bond donors (Lipinski definition) is 0. The molecular weight excluding hydrogens is 259 g/mol. The van der Waals surface area contributed by atoms with E-state index < -0.39 is 6.17 Å². The summed E-state index contributed by atoms with van der Waals surface area (Å²) in [5.74, 6) is 3.46. The van der Waals surface area contributed by atoms with Crippen molar-refractivity contribution >= 4 is 0 Å². The molecule has 0 amide bonds. The van der Waals surface area contributed by atoms with Crippen LogP contribution in [0.25, 0.3) is 0 Å². The number of alkyl halides is 1. The van der Waals surface area contributed by atoms with E-state index >= 15 is 0 Å². The van der Waals surface area contributed by atoms with Gasteiger partial charge in [-0.2, -0.15) is 0 Å². The fourth-order valence-electron chi connectivity index (χ4n) is 5.20. The first kappa shape index (κ1) is 17.3. The molecule has 0 spiro atoms. The third-order valence-corrected chi connectivity index (χ3v) is 6.51. The van der Waals surface area contributed by atoms with Crippen LogP contribution in [0.3, 0.4) is 0 Å². The molecule has 2 saturated carbocycles. The highest BCUT2D eigenvalue weighted by Gasteiger charge is 2.38. The van der Waals surface area contributed by atoms with Crippen molar-refractivity contribution in [3.05, 3.63) is 0 Å². The zero-order valence-corrected chi connectivity index (χ0v) is 14.6. The average Bonchev–Trinajstić information content (AvgIpc) is 2.48. The van der Waals surface area contributed by atoms with Crippen LogP contribution in [0.15, 0.2) is 0 Å². The molecule has 1 heteroatoms. The molecule has 0 nitrogen and oxygen atoms in total. The lowest BCUT2D eigenvalue weighted by atomic mass is 9.66. The van der Waals surface area contributed by atoms with Gasteiger partial charge in [0.2, 0.25) is 0 Å². The summed E-state index contributed by atoms with van der Waals surface area (Å²) in [6.07, 6.45) is 13.3. The molecule has 2 aliphatic rings. The van der Waals surface area contributed by atoms with Crippen molar-refractivity contribution in [1.82, 2.24) is 0 Å². The second-order valence-electron chi connectivity index (χ2n) is 8.11. The Bertz CT molecular complexity index is 274. The van der Waals surface area contributed by atoms with Crippen molar-refractivity contribution in [1.29, 1.82) is 0 Å². The highest BCUT2D eigenvalue weighted by molar-refractivity contribution is 4.88. The van der Waals surface area contributed by atoms with Crippen molar-refractivity contribution in [3.63, 3.8) is 0 Å². The second kappa shape index (κ2) is 8.53. The lowest BCUT2D eigenvalue weighted by molar-refractivity contribution is 0.0408. The summed E-state index contributed by atoms with van der Waals surface area (Å²) < 4.78 is 14.8. The van der Waals surface area contributed by atoms with Crippen molar-refractivity contribution < 1.29 is 4.39 Å². The van der Waals surface area contributed by atoms with E-state index in [0.717, 1.165) is 18.3 Å². The Morgan fingerprint density at radius 3 is 2.05 bits per heavy atom. The van der Waals surface area contributed by atoms with Crippen LogP contribution >= 0.6 is 0 Å². The monoisotopic (exact) mass is 296 g/mol. The molecule has 0 saturated heterocycles. The lowest BCUT2D eigenvalue weighted by Gasteiger charge is -2.41. The minimum Gasteiger partial charge on any atom is -0.247 e. The van der Waals surface area contributed by atoms with Gasteiger partial charge < -0.3 is 0 Å². The summed E-state index contributed by atoms with van der Waals surface area (Å²) in [6.45, 7) is 6.93. The standard InChI is InChI=1S/C20H37F/c1-4-6-16(7-5-2)18-12-13-19(20(21)14-18)17-10-8-15(3)9-11-17/h15-20H,4-14H2,1-3H3. The van der Waals surface area contributed by atoms with E-state index in [1.54, 1.807) is 0 Å².